The lowest BCUT2D eigenvalue weighted by Gasteiger charge is -2.23. The maximum absolute atomic E-state index is 10.3. The van der Waals surface area contributed by atoms with E-state index in [1.807, 2.05) is 0 Å². The summed E-state index contributed by atoms with van der Waals surface area (Å²) in [4.78, 5) is 12.5. The van der Waals surface area contributed by atoms with Crippen molar-refractivity contribution in [1.29, 1.82) is 0 Å². The molecule has 0 amide bonds. The molecule has 0 aliphatic rings. The Bertz CT molecular complexity index is 148. The predicted molar refractivity (Wildman–Crippen MR) is 52.0 cm³/mol. The van der Waals surface area contributed by atoms with Crippen molar-refractivity contribution in [2.24, 2.45) is 0 Å². The van der Waals surface area contributed by atoms with Gasteiger partial charge in [-0.25, -0.2) is 0 Å². The molecule has 0 bridgehead atoms. The van der Waals surface area contributed by atoms with E-state index in [9.17, 15) is 4.79 Å². The van der Waals surface area contributed by atoms with Crippen molar-refractivity contribution in [2.45, 2.75) is 33.6 Å². The monoisotopic (exact) mass is 169 g/mol. The average molecular weight is 169 g/mol. The molecule has 0 N–H and O–H groups in total. The number of nitrogens with zero attached hydrogens (tertiary/aromatic N) is 1. The summed E-state index contributed by atoms with van der Waals surface area (Å²) in [6.07, 6.45) is 4.65. The second-order valence-corrected chi connectivity index (χ2v) is 2.72. The van der Waals surface area contributed by atoms with Gasteiger partial charge in [-0.3, -0.25) is 4.79 Å². The Morgan fingerprint density at radius 3 is 2.17 bits per heavy atom. The number of carbonyl (C=O) groups excluding carboxylic acids is 1. The van der Waals surface area contributed by atoms with Crippen molar-refractivity contribution in [3.8, 4) is 0 Å². The molecule has 0 radical (unpaired) electrons. The third-order valence-corrected chi connectivity index (χ3v) is 1.94. The molecule has 0 aliphatic heterocycles. The van der Waals surface area contributed by atoms with Crippen LogP contribution in [-0.4, -0.2) is 24.3 Å². The molecule has 0 spiro atoms. The lowest BCUT2D eigenvalue weighted by molar-refractivity contribution is -0.104. The molecule has 0 saturated heterocycles. The van der Waals surface area contributed by atoms with E-state index in [0.29, 0.717) is 0 Å². The van der Waals surface area contributed by atoms with E-state index in [1.165, 1.54) is 0 Å². The minimum absolute atomic E-state index is 0.878. The number of carbonyl (C=O) groups is 1. The number of hydrogen-bond donors (Lipinski definition) is 0. The summed E-state index contributed by atoms with van der Waals surface area (Å²) in [6.45, 7) is 8.31. The molecular weight excluding hydrogens is 150 g/mol. The van der Waals surface area contributed by atoms with E-state index >= 15 is 0 Å². The van der Waals surface area contributed by atoms with Gasteiger partial charge in [0.15, 0.2) is 0 Å². The molecule has 12 heavy (non-hydrogen) atoms. The predicted octanol–water partition coefficient (Wildman–Crippen LogP) is 2.21. The molecule has 0 heterocycles. The molecule has 0 atom stereocenters. The highest BCUT2D eigenvalue weighted by Gasteiger charge is 2.02. The van der Waals surface area contributed by atoms with Gasteiger partial charge in [0.1, 0.15) is 6.29 Å². The lowest BCUT2D eigenvalue weighted by atomic mass is 10.2. The molecule has 0 aromatic heterocycles. The first-order valence-electron chi connectivity index (χ1n) is 4.69. The Kier molecular flexibility index (Phi) is 6.44. The van der Waals surface area contributed by atoms with E-state index in [2.05, 4.69) is 25.7 Å². The van der Waals surface area contributed by atoms with Gasteiger partial charge in [-0.1, -0.05) is 13.3 Å². The summed E-state index contributed by atoms with van der Waals surface area (Å²) in [5.74, 6) is 0. The minimum atomic E-state index is 0.878. The molecule has 0 aromatic rings. The minimum Gasteiger partial charge on any atom is -0.375 e. The van der Waals surface area contributed by atoms with E-state index < -0.39 is 0 Å². The maximum Gasteiger partial charge on any atom is 0.144 e. The molecule has 0 unspecified atom stereocenters. The normalized spacial score (nSPS) is 11.4. The Morgan fingerprint density at radius 2 is 1.83 bits per heavy atom. The quantitative estimate of drug-likeness (QED) is 0.449. The van der Waals surface area contributed by atoms with Crippen molar-refractivity contribution in [3.63, 3.8) is 0 Å². The van der Waals surface area contributed by atoms with Crippen LogP contribution in [0.2, 0.25) is 0 Å². The van der Waals surface area contributed by atoms with Crippen LogP contribution in [0.1, 0.15) is 33.6 Å². The second kappa shape index (κ2) is 6.89. The fraction of sp³-hybridized carbons (Fsp3) is 0.700. The number of allylic oxidation sites excluding steroid dienone is 2. The molecule has 70 valence electrons. The zero-order valence-corrected chi connectivity index (χ0v) is 8.34. The van der Waals surface area contributed by atoms with Crippen LogP contribution >= 0.6 is 0 Å². The Balaban J connectivity index is 4.25. The van der Waals surface area contributed by atoms with E-state index in [-0.39, 0.29) is 0 Å². The van der Waals surface area contributed by atoms with Crippen LogP contribution in [0.5, 0.6) is 0 Å². The number of hydrogen-bond acceptors (Lipinski definition) is 2. The first-order valence-corrected chi connectivity index (χ1v) is 4.69. The summed E-state index contributed by atoms with van der Waals surface area (Å²) in [5.41, 5.74) is 1.16. The third kappa shape index (κ3) is 3.56. The van der Waals surface area contributed by atoms with Crippen molar-refractivity contribution in [2.75, 3.05) is 13.1 Å². The summed E-state index contributed by atoms with van der Waals surface area (Å²) in [7, 11) is 0. The molecule has 0 aliphatic carbocycles. The fourth-order valence-electron chi connectivity index (χ4n) is 1.31. The van der Waals surface area contributed by atoms with Crippen LogP contribution in [0, 0.1) is 0 Å². The second-order valence-electron chi connectivity index (χ2n) is 2.72. The van der Waals surface area contributed by atoms with E-state index in [1.54, 1.807) is 6.08 Å². The summed E-state index contributed by atoms with van der Waals surface area (Å²) < 4.78 is 0. The Labute approximate surface area is 75.3 Å². The van der Waals surface area contributed by atoms with Gasteiger partial charge in [-0.05, 0) is 26.3 Å². The van der Waals surface area contributed by atoms with Crippen molar-refractivity contribution in [1.82, 2.24) is 4.90 Å². The van der Waals surface area contributed by atoms with Gasteiger partial charge in [0.05, 0.1) is 0 Å². The molecule has 2 nitrogen and oxygen atoms in total. The highest BCUT2D eigenvalue weighted by atomic mass is 16.1. The van der Waals surface area contributed by atoms with Gasteiger partial charge in [-0.2, -0.15) is 0 Å². The largest absolute Gasteiger partial charge is 0.375 e. The summed E-state index contributed by atoms with van der Waals surface area (Å²) >= 11 is 0. The first kappa shape index (κ1) is 11.2. The van der Waals surface area contributed by atoms with Crippen LogP contribution in [0.15, 0.2) is 11.8 Å². The molecule has 0 fully saturated rings. The smallest absolute Gasteiger partial charge is 0.144 e. The van der Waals surface area contributed by atoms with Crippen LogP contribution in [0.3, 0.4) is 0 Å². The zero-order valence-electron chi connectivity index (χ0n) is 8.34. The highest BCUT2D eigenvalue weighted by Crippen LogP contribution is 2.09. The molecule has 0 aromatic carbocycles. The molecule has 2 heteroatoms. The maximum atomic E-state index is 10.3. The van der Waals surface area contributed by atoms with Gasteiger partial charge < -0.3 is 4.90 Å². The summed E-state index contributed by atoms with van der Waals surface area (Å²) in [5, 5.41) is 0. The van der Waals surface area contributed by atoms with E-state index in [4.69, 9.17) is 0 Å². The van der Waals surface area contributed by atoms with Gasteiger partial charge >= 0.3 is 0 Å². The molecule has 0 rings (SSSR count). The van der Waals surface area contributed by atoms with Crippen LogP contribution in [0.25, 0.3) is 0 Å². The average Bonchev–Trinajstić information content (AvgIpc) is 2.07. The van der Waals surface area contributed by atoms with E-state index in [0.717, 1.165) is 37.9 Å². The van der Waals surface area contributed by atoms with Crippen molar-refractivity contribution in [3.05, 3.63) is 11.8 Å². The highest BCUT2D eigenvalue weighted by molar-refractivity contribution is 5.65. The SMILES string of the molecule is CCC/C(=C/C=O)N(CC)CC. The van der Waals surface area contributed by atoms with Gasteiger partial charge in [0.2, 0.25) is 0 Å². The van der Waals surface area contributed by atoms with Gasteiger partial charge in [0.25, 0.3) is 0 Å². The number of aldehydes is 1. The van der Waals surface area contributed by atoms with Crippen LogP contribution < -0.4 is 0 Å². The van der Waals surface area contributed by atoms with Crippen LogP contribution in [0.4, 0.5) is 0 Å². The third-order valence-electron chi connectivity index (χ3n) is 1.94. The zero-order chi connectivity index (χ0) is 9.40. The molecule has 0 saturated carbocycles. The Morgan fingerprint density at radius 1 is 1.25 bits per heavy atom. The van der Waals surface area contributed by atoms with Crippen molar-refractivity contribution < 1.29 is 4.79 Å². The van der Waals surface area contributed by atoms with Crippen molar-refractivity contribution >= 4 is 6.29 Å². The fourth-order valence-corrected chi connectivity index (χ4v) is 1.31. The Hall–Kier alpha value is -0.790. The lowest BCUT2D eigenvalue weighted by Crippen LogP contribution is -2.22. The van der Waals surface area contributed by atoms with Crippen LogP contribution in [-0.2, 0) is 4.79 Å². The first-order chi connectivity index (χ1) is 5.79. The standard InChI is InChI=1S/C10H19NO/c1-4-7-10(8-9-12)11(5-2)6-3/h8-9H,4-7H2,1-3H3/b10-8-. The topological polar surface area (TPSA) is 20.3 Å². The summed E-state index contributed by atoms with van der Waals surface area (Å²) in [6, 6.07) is 0. The van der Waals surface area contributed by atoms with Gasteiger partial charge in [0, 0.05) is 18.8 Å². The molecular formula is C10H19NO. The van der Waals surface area contributed by atoms with Gasteiger partial charge in [-0.15, -0.1) is 0 Å². The number of rotatable bonds is 6.